The van der Waals surface area contributed by atoms with Crippen molar-refractivity contribution in [3.8, 4) is 0 Å². The van der Waals surface area contributed by atoms with E-state index in [2.05, 4.69) is 17.6 Å². The van der Waals surface area contributed by atoms with Crippen molar-refractivity contribution in [3.05, 3.63) is 30.3 Å². The number of nitrogens with one attached hydrogen (secondary N) is 2. The summed E-state index contributed by atoms with van der Waals surface area (Å²) in [5.74, 6) is 0. The van der Waals surface area contributed by atoms with E-state index >= 15 is 0 Å². The van der Waals surface area contributed by atoms with Gasteiger partial charge in [-0.1, -0.05) is 18.2 Å². The topological polar surface area (TPSA) is 76.1 Å². The van der Waals surface area contributed by atoms with E-state index in [1.807, 2.05) is 30.3 Å². The second kappa shape index (κ2) is 8.06. The third-order valence-corrected chi connectivity index (χ3v) is 2.74. The van der Waals surface area contributed by atoms with E-state index in [9.17, 15) is 0 Å². The second-order valence-electron chi connectivity index (χ2n) is 4.27. The summed E-state index contributed by atoms with van der Waals surface area (Å²) in [5, 5.41) is 6.67. The number of hydrogen-bond donors (Lipinski definition) is 4. The van der Waals surface area contributed by atoms with Crippen LogP contribution in [-0.2, 0) is 0 Å². The molecule has 0 aliphatic rings. The van der Waals surface area contributed by atoms with E-state index in [0.29, 0.717) is 0 Å². The molecule has 0 aromatic heterocycles. The van der Waals surface area contributed by atoms with Crippen LogP contribution in [0.4, 0.5) is 5.69 Å². The van der Waals surface area contributed by atoms with Crippen LogP contribution in [0.15, 0.2) is 30.3 Å². The Labute approximate surface area is 104 Å². The summed E-state index contributed by atoms with van der Waals surface area (Å²) in [4.78, 5) is 0. The van der Waals surface area contributed by atoms with Crippen molar-refractivity contribution in [3.63, 3.8) is 0 Å². The van der Waals surface area contributed by atoms with Gasteiger partial charge in [0.25, 0.3) is 0 Å². The molecule has 0 bridgehead atoms. The first-order chi connectivity index (χ1) is 8.24. The average molecular weight is 236 g/mol. The van der Waals surface area contributed by atoms with Crippen LogP contribution in [0.5, 0.6) is 0 Å². The standard InChI is InChI=1S/C13H24N4/c1-11(16-10-6-5-9-14)13(15)17-12-7-3-2-4-8-12/h2-4,7-8,11,13,16-17H,5-6,9-10,14-15H2,1H3. The maximum absolute atomic E-state index is 6.07. The van der Waals surface area contributed by atoms with Gasteiger partial charge in [0.2, 0.25) is 0 Å². The molecule has 0 saturated carbocycles. The quantitative estimate of drug-likeness (QED) is 0.403. The van der Waals surface area contributed by atoms with Crippen molar-refractivity contribution in [1.29, 1.82) is 0 Å². The first-order valence-electron chi connectivity index (χ1n) is 6.24. The Morgan fingerprint density at radius 1 is 1.18 bits per heavy atom. The third-order valence-electron chi connectivity index (χ3n) is 2.74. The number of benzene rings is 1. The van der Waals surface area contributed by atoms with Crippen molar-refractivity contribution in [2.24, 2.45) is 11.5 Å². The molecule has 1 aromatic carbocycles. The Morgan fingerprint density at radius 3 is 2.53 bits per heavy atom. The van der Waals surface area contributed by atoms with Gasteiger partial charge >= 0.3 is 0 Å². The van der Waals surface area contributed by atoms with Gasteiger partial charge in [-0.25, -0.2) is 0 Å². The Hall–Kier alpha value is -1.10. The van der Waals surface area contributed by atoms with Crippen molar-refractivity contribution in [1.82, 2.24) is 5.32 Å². The van der Waals surface area contributed by atoms with Crippen LogP contribution in [0, 0.1) is 0 Å². The number of hydrogen-bond acceptors (Lipinski definition) is 4. The van der Waals surface area contributed by atoms with Crippen molar-refractivity contribution in [2.75, 3.05) is 18.4 Å². The SMILES string of the molecule is CC(NCCCCN)C(N)Nc1ccccc1. The molecule has 0 aliphatic carbocycles. The van der Waals surface area contributed by atoms with E-state index < -0.39 is 0 Å². The Balaban J connectivity index is 2.24. The Kier molecular flexibility index (Phi) is 6.62. The molecule has 1 aromatic rings. The molecular formula is C13H24N4. The van der Waals surface area contributed by atoms with Crippen LogP contribution in [0.1, 0.15) is 19.8 Å². The summed E-state index contributed by atoms with van der Waals surface area (Å²) in [6.45, 7) is 3.80. The highest BCUT2D eigenvalue weighted by atomic mass is 15.1. The number of para-hydroxylation sites is 1. The maximum Gasteiger partial charge on any atom is 0.0897 e. The molecule has 4 nitrogen and oxygen atoms in total. The summed E-state index contributed by atoms with van der Waals surface area (Å²) in [6, 6.07) is 10.2. The monoisotopic (exact) mass is 236 g/mol. The lowest BCUT2D eigenvalue weighted by Gasteiger charge is -2.23. The zero-order valence-electron chi connectivity index (χ0n) is 10.5. The van der Waals surface area contributed by atoms with Crippen LogP contribution in [0.25, 0.3) is 0 Å². The van der Waals surface area contributed by atoms with Crippen molar-refractivity contribution < 1.29 is 0 Å². The first kappa shape index (κ1) is 14.0. The van der Waals surface area contributed by atoms with Gasteiger partial charge in [0, 0.05) is 11.7 Å². The summed E-state index contributed by atoms with van der Waals surface area (Å²) >= 11 is 0. The molecule has 2 atom stereocenters. The van der Waals surface area contributed by atoms with Gasteiger partial charge < -0.3 is 22.1 Å². The summed E-state index contributed by atoms with van der Waals surface area (Å²) < 4.78 is 0. The van der Waals surface area contributed by atoms with Gasteiger partial charge in [0.05, 0.1) is 6.17 Å². The first-order valence-corrected chi connectivity index (χ1v) is 6.24. The molecule has 0 saturated heterocycles. The Morgan fingerprint density at radius 2 is 1.88 bits per heavy atom. The summed E-state index contributed by atoms with van der Waals surface area (Å²) in [7, 11) is 0. The number of unbranched alkanes of at least 4 members (excludes halogenated alkanes) is 1. The highest BCUT2D eigenvalue weighted by molar-refractivity contribution is 5.43. The minimum atomic E-state index is -0.0877. The summed E-state index contributed by atoms with van der Waals surface area (Å²) in [5.41, 5.74) is 12.6. The van der Waals surface area contributed by atoms with E-state index in [4.69, 9.17) is 11.5 Å². The highest BCUT2D eigenvalue weighted by Crippen LogP contribution is 2.06. The van der Waals surface area contributed by atoms with Gasteiger partial charge in [-0.3, -0.25) is 0 Å². The van der Waals surface area contributed by atoms with Gasteiger partial charge in [0.1, 0.15) is 0 Å². The normalized spacial score (nSPS) is 14.3. The number of rotatable bonds is 8. The van der Waals surface area contributed by atoms with E-state index in [0.717, 1.165) is 31.6 Å². The van der Waals surface area contributed by atoms with Gasteiger partial charge in [-0.2, -0.15) is 0 Å². The van der Waals surface area contributed by atoms with Crippen LogP contribution in [-0.4, -0.2) is 25.3 Å². The van der Waals surface area contributed by atoms with Gasteiger partial charge in [-0.15, -0.1) is 0 Å². The van der Waals surface area contributed by atoms with E-state index in [1.54, 1.807) is 0 Å². The van der Waals surface area contributed by atoms with Gasteiger partial charge in [-0.05, 0) is 45.0 Å². The lowest BCUT2D eigenvalue weighted by atomic mass is 10.2. The molecular weight excluding hydrogens is 212 g/mol. The number of nitrogens with two attached hydrogens (primary N) is 2. The molecule has 96 valence electrons. The predicted octanol–water partition coefficient (Wildman–Crippen LogP) is 1.10. The minimum Gasteiger partial charge on any atom is -0.369 e. The highest BCUT2D eigenvalue weighted by Gasteiger charge is 2.10. The fourth-order valence-electron chi connectivity index (χ4n) is 1.58. The average Bonchev–Trinajstić information content (AvgIpc) is 2.35. The van der Waals surface area contributed by atoms with Crippen molar-refractivity contribution >= 4 is 5.69 Å². The molecule has 2 unspecified atom stereocenters. The smallest absolute Gasteiger partial charge is 0.0897 e. The lowest BCUT2D eigenvalue weighted by molar-refractivity contribution is 0.476. The molecule has 17 heavy (non-hydrogen) atoms. The second-order valence-corrected chi connectivity index (χ2v) is 4.27. The van der Waals surface area contributed by atoms with Crippen LogP contribution in [0.2, 0.25) is 0 Å². The zero-order valence-corrected chi connectivity index (χ0v) is 10.5. The molecule has 0 amide bonds. The van der Waals surface area contributed by atoms with E-state index in [1.165, 1.54) is 0 Å². The van der Waals surface area contributed by atoms with Gasteiger partial charge in [0.15, 0.2) is 0 Å². The molecule has 1 rings (SSSR count). The molecule has 0 heterocycles. The van der Waals surface area contributed by atoms with Crippen molar-refractivity contribution in [2.45, 2.75) is 32.0 Å². The fourth-order valence-corrected chi connectivity index (χ4v) is 1.58. The van der Waals surface area contributed by atoms with E-state index in [-0.39, 0.29) is 12.2 Å². The minimum absolute atomic E-state index is 0.0877. The largest absolute Gasteiger partial charge is 0.369 e. The zero-order chi connectivity index (χ0) is 12.5. The molecule has 0 fully saturated rings. The van der Waals surface area contributed by atoms with Crippen LogP contribution >= 0.6 is 0 Å². The molecule has 6 N–H and O–H groups in total. The van der Waals surface area contributed by atoms with Crippen LogP contribution in [0.3, 0.4) is 0 Å². The van der Waals surface area contributed by atoms with Crippen LogP contribution < -0.4 is 22.1 Å². The molecule has 0 aliphatic heterocycles. The predicted molar refractivity (Wildman–Crippen MR) is 73.8 cm³/mol. The molecule has 0 spiro atoms. The number of anilines is 1. The third kappa shape index (κ3) is 5.68. The maximum atomic E-state index is 6.07. The lowest BCUT2D eigenvalue weighted by Crippen LogP contribution is -2.48. The summed E-state index contributed by atoms with van der Waals surface area (Å²) in [6.07, 6.45) is 2.07. The molecule has 4 heteroatoms. The fraction of sp³-hybridized carbons (Fsp3) is 0.538. The molecule has 0 radical (unpaired) electrons. The Bertz CT molecular complexity index is 289.